The number of ether oxygens (including phenoxy) is 1. The second kappa shape index (κ2) is 11.7. The molecule has 3 heterocycles. The van der Waals surface area contributed by atoms with Crippen molar-refractivity contribution in [3.63, 3.8) is 0 Å². The van der Waals surface area contributed by atoms with Gasteiger partial charge in [0.2, 0.25) is 10.0 Å². The van der Waals surface area contributed by atoms with E-state index in [4.69, 9.17) is 9.72 Å². The van der Waals surface area contributed by atoms with Crippen LogP contribution in [0.2, 0.25) is 0 Å². The maximum atomic E-state index is 13.6. The predicted octanol–water partition coefficient (Wildman–Crippen LogP) is 3.34. The summed E-state index contributed by atoms with van der Waals surface area (Å²) < 4.78 is 49.0. The Kier molecular flexibility index (Phi) is 8.66. The van der Waals surface area contributed by atoms with Gasteiger partial charge in [-0.15, -0.1) is 0 Å². The average molecular weight is 534 g/mol. The van der Waals surface area contributed by atoms with Crippen LogP contribution in [0.3, 0.4) is 0 Å². The van der Waals surface area contributed by atoms with Crippen molar-refractivity contribution >= 4 is 21.1 Å². The third-order valence-corrected chi connectivity index (χ3v) is 8.61. The van der Waals surface area contributed by atoms with Crippen molar-refractivity contribution in [3.8, 4) is 17.1 Å². The van der Waals surface area contributed by atoms with Crippen LogP contribution in [0.1, 0.15) is 38.7 Å². The molecule has 37 heavy (non-hydrogen) atoms. The maximum absolute atomic E-state index is 13.6. The van der Waals surface area contributed by atoms with Crippen LogP contribution in [0.5, 0.6) is 5.75 Å². The number of sulfonamides is 1. The minimum absolute atomic E-state index is 0.118. The van der Waals surface area contributed by atoms with Gasteiger partial charge in [0.05, 0.1) is 29.3 Å². The standard InChI is InChI=1S/C26H36FN5O4S/c1-4-8-19-18-30(3)24-23(19)28-25(29-26(24)33)21-17-20(9-10-22(21)36-5-2)37(34,35)32-14-7-13-31(15-16-32)12-6-11-27/h9-10,17-18H,4-8,11-16H2,1-3H3,(H,28,29,33). The number of nitrogens with one attached hydrogen (secondary N) is 1. The molecule has 202 valence electrons. The fraction of sp³-hybridized carbons (Fsp3) is 0.538. The molecule has 0 unspecified atom stereocenters. The fourth-order valence-corrected chi connectivity index (χ4v) is 6.43. The average Bonchev–Trinajstić information content (AvgIpc) is 3.03. The van der Waals surface area contributed by atoms with E-state index in [1.807, 2.05) is 20.2 Å². The summed E-state index contributed by atoms with van der Waals surface area (Å²) in [6, 6.07) is 4.70. The van der Waals surface area contributed by atoms with E-state index < -0.39 is 10.0 Å². The SMILES string of the molecule is CCCc1cn(C)c2c(=O)[nH]c(-c3cc(S(=O)(=O)N4CCCN(CCCF)CC4)ccc3OCC)nc12. The van der Waals surface area contributed by atoms with Crippen LogP contribution in [0.15, 0.2) is 34.1 Å². The van der Waals surface area contributed by atoms with Gasteiger partial charge in [-0.25, -0.2) is 13.4 Å². The topological polar surface area (TPSA) is 101 Å². The van der Waals surface area contributed by atoms with E-state index in [-0.39, 0.29) is 23.0 Å². The minimum atomic E-state index is -3.80. The normalized spacial score (nSPS) is 15.8. The number of aromatic nitrogens is 3. The Labute approximate surface area is 217 Å². The van der Waals surface area contributed by atoms with Crippen molar-refractivity contribution < 1.29 is 17.5 Å². The van der Waals surface area contributed by atoms with Crippen molar-refractivity contribution in [3.05, 3.63) is 40.3 Å². The highest BCUT2D eigenvalue weighted by Gasteiger charge is 2.28. The Morgan fingerprint density at radius 2 is 1.97 bits per heavy atom. The lowest BCUT2D eigenvalue weighted by atomic mass is 10.1. The molecule has 4 rings (SSSR count). The predicted molar refractivity (Wildman–Crippen MR) is 142 cm³/mol. The second-order valence-corrected chi connectivity index (χ2v) is 11.3. The molecule has 1 aliphatic heterocycles. The maximum Gasteiger partial charge on any atom is 0.275 e. The molecule has 0 atom stereocenters. The summed E-state index contributed by atoms with van der Waals surface area (Å²) in [5.41, 5.74) is 2.19. The van der Waals surface area contributed by atoms with Gasteiger partial charge in [0.1, 0.15) is 17.1 Å². The molecule has 3 aromatic rings. The van der Waals surface area contributed by atoms with Gasteiger partial charge in [-0.05, 0) is 56.5 Å². The molecule has 1 N–H and O–H groups in total. The van der Waals surface area contributed by atoms with Crippen LogP contribution in [0.4, 0.5) is 4.39 Å². The summed E-state index contributed by atoms with van der Waals surface area (Å²) in [5, 5.41) is 0. The zero-order valence-electron chi connectivity index (χ0n) is 21.8. The molecule has 0 spiro atoms. The zero-order chi connectivity index (χ0) is 26.6. The molecule has 1 fully saturated rings. The molecule has 0 aliphatic carbocycles. The molecule has 11 heteroatoms. The van der Waals surface area contributed by atoms with E-state index >= 15 is 0 Å². The number of aryl methyl sites for hydroxylation is 2. The third kappa shape index (κ3) is 5.73. The molecule has 2 aromatic heterocycles. The lowest BCUT2D eigenvalue weighted by Gasteiger charge is -2.22. The van der Waals surface area contributed by atoms with Gasteiger partial charge in [0.25, 0.3) is 5.56 Å². The molecule has 0 saturated carbocycles. The lowest BCUT2D eigenvalue weighted by molar-refractivity contribution is 0.270. The van der Waals surface area contributed by atoms with E-state index in [9.17, 15) is 17.6 Å². The van der Waals surface area contributed by atoms with Gasteiger partial charge in [-0.3, -0.25) is 9.18 Å². The monoisotopic (exact) mass is 533 g/mol. The highest BCUT2D eigenvalue weighted by molar-refractivity contribution is 7.89. The minimum Gasteiger partial charge on any atom is -0.493 e. The summed E-state index contributed by atoms with van der Waals surface area (Å²) in [6.45, 7) is 6.56. The van der Waals surface area contributed by atoms with Gasteiger partial charge in [-0.2, -0.15) is 4.31 Å². The second-order valence-electron chi connectivity index (χ2n) is 9.36. The molecule has 0 bridgehead atoms. The van der Waals surface area contributed by atoms with Crippen LogP contribution in [0, 0.1) is 0 Å². The Bertz CT molecular complexity index is 1400. The number of hydrogen-bond acceptors (Lipinski definition) is 6. The number of benzene rings is 1. The highest BCUT2D eigenvalue weighted by Crippen LogP contribution is 2.32. The smallest absolute Gasteiger partial charge is 0.275 e. The molecule has 1 saturated heterocycles. The number of hydrogen-bond donors (Lipinski definition) is 1. The van der Waals surface area contributed by atoms with E-state index in [1.165, 1.54) is 10.4 Å². The number of nitrogens with zero attached hydrogens (tertiary/aromatic N) is 4. The van der Waals surface area contributed by atoms with E-state index in [2.05, 4.69) is 16.8 Å². The Hall–Kier alpha value is -2.76. The molecule has 1 aromatic carbocycles. The van der Waals surface area contributed by atoms with Gasteiger partial charge in [0, 0.05) is 39.4 Å². The van der Waals surface area contributed by atoms with Gasteiger partial charge < -0.3 is 19.2 Å². The van der Waals surface area contributed by atoms with Crippen LogP contribution in [-0.2, 0) is 23.5 Å². The largest absolute Gasteiger partial charge is 0.493 e. The Balaban J connectivity index is 1.74. The number of aromatic amines is 1. The van der Waals surface area contributed by atoms with Gasteiger partial charge in [-0.1, -0.05) is 13.3 Å². The first-order valence-corrected chi connectivity index (χ1v) is 14.4. The first-order chi connectivity index (χ1) is 17.8. The third-order valence-electron chi connectivity index (χ3n) is 6.72. The van der Waals surface area contributed by atoms with Gasteiger partial charge in [0.15, 0.2) is 0 Å². The zero-order valence-corrected chi connectivity index (χ0v) is 22.6. The number of fused-ring (bicyclic) bond motifs is 1. The Morgan fingerprint density at radius 3 is 2.70 bits per heavy atom. The summed E-state index contributed by atoms with van der Waals surface area (Å²) in [4.78, 5) is 22.9. The van der Waals surface area contributed by atoms with Crippen molar-refractivity contribution in [2.24, 2.45) is 7.05 Å². The quantitative estimate of drug-likeness (QED) is 0.429. The molecular formula is C26H36FN5O4S. The first kappa shape index (κ1) is 27.3. The van der Waals surface area contributed by atoms with Crippen LogP contribution in [0.25, 0.3) is 22.4 Å². The summed E-state index contributed by atoms with van der Waals surface area (Å²) in [6.07, 6.45) is 4.72. The van der Waals surface area contributed by atoms with Crippen molar-refractivity contribution in [1.29, 1.82) is 0 Å². The molecule has 9 nitrogen and oxygen atoms in total. The lowest BCUT2D eigenvalue weighted by Crippen LogP contribution is -2.35. The molecule has 0 amide bonds. The highest BCUT2D eigenvalue weighted by atomic mass is 32.2. The molecular weight excluding hydrogens is 497 g/mol. The molecule has 0 radical (unpaired) electrons. The van der Waals surface area contributed by atoms with E-state index in [0.29, 0.717) is 68.0 Å². The first-order valence-electron chi connectivity index (χ1n) is 12.9. The number of rotatable bonds is 10. The fourth-order valence-electron chi connectivity index (χ4n) is 4.94. The van der Waals surface area contributed by atoms with E-state index in [0.717, 1.165) is 24.9 Å². The van der Waals surface area contributed by atoms with Crippen molar-refractivity contribution in [2.45, 2.75) is 44.4 Å². The Morgan fingerprint density at radius 1 is 1.16 bits per heavy atom. The van der Waals surface area contributed by atoms with Crippen LogP contribution >= 0.6 is 0 Å². The van der Waals surface area contributed by atoms with Gasteiger partial charge >= 0.3 is 0 Å². The number of halogens is 1. The van der Waals surface area contributed by atoms with E-state index in [1.54, 1.807) is 16.7 Å². The summed E-state index contributed by atoms with van der Waals surface area (Å²) in [5.74, 6) is 0.722. The van der Waals surface area contributed by atoms with Crippen LogP contribution in [-0.4, -0.2) is 78.2 Å². The number of alkyl halides is 1. The summed E-state index contributed by atoms with van der Waals surface area (Å²) in [7, 11) is -1.99. The van der Waals surface area contributed by atoms with Crippen molar-refractivity contribution in [2.75, 3.05) is 46.0 Å². The van der Waals surface area contributed by atoms with Crippen LogP contribution < -0.4 is 10.3 Å². The van der Waals surface area contributed by atoms with Crippen molar-refractivity contribution in [1.82, 2.24) is 23.7 Å². The molecule has 1 aliphatic rings. The summed E-state index contributed by atoms with van der Waals surface area (Å²) >= 11 is 0. The number of H-pyrrole nitrogens is 1.